The quantitative estimate of drug-likeness (QED) is 0.364. The van der Waals surface area contributed by atoms with Crippen LogP contribution in [0.25, 0.3) is 0 Å². The molecular formula is C19H24ClN9. The average Bonchev–Trinajstić information content (AvgIpc) is 2.96. The Bertz CT molecular complexity index is 945. The van der Waals surface area contributed by atoms with Crippen molar-refractivity contribution in [2.75, 3.05) is 29.1 Å². The molecule has 0 aliphatic carbocycles. The summed E-state index contributed by atoms with van der Waals surface area (Å²) in [6, 6.07) is 10.0. The maximum absolute atomic E-state index is 6.51. The van der Waals surface area contributed by atoms with Crippen molar-refractivity contribution in [3.63, 3.8) is 0 Å². The van der Waals surface area contributed by atoms with E-state index >= 15 is 0 Å². The highest BCUT2D eigenvalue weighted by atomic mass is 35.5. The molecule has 2 heterocycles. The van der Waals surface area contributed by atoms with Crippen LogP contribution in [0.1, 0.15) is 30.7 Å². The SMILES string of the molecule is CCNc1nc(NCC)nc(NN=Cc2c(C)nn(Cc3ccccc3)c2Cl)n1. The second-order valence-electron chi connectivity index (χ2n) is 6.17. The van der Waals surface area contributed by atoms with Crippen LogP contribution in [0.3, 0.4) is 0 Å². The summed E-state index contributed by atoms with van der Waals surface area (Å²) in [4.78, 5) is 12.9. The van der Waals surface area contributed by atoms with Gasteiger partial charge in [0.1, 0.15) is 5.15 Å². The minimum absolute atomic E-state index is 0.327. The number of rotatable bonds is 9. The van der Waals surface area contributed by atoms with Gasteiger partial charge in [-0.15, -0.1) is 0 Å². The third-order valence-electron chi connectivity index (χ3n) is 3.95. The molecule has 0 saturated heterocycles. The van der Waals surface area contributed by atoms with E-state index in [1.54, 1.807) is 10.9 Å². The summed E-state index contributed by atoms with van der Waals surface area (Å²) >= 11 is 6.51. The van der Waals surface area contributed by atoms with Gasteiger partial charge >= 0.3 is 0 Å². The number of nitrogens with zero attached hydrogens (tertiary/aromatic N) is 6. The maximum atomic E-state index is 6.51. The van der Waals surface area contributed by atoms with E-state index in [1.165, 1.54) is 0 Å². The van der Waals surface area contributed by atoms with Gasteiger partial charge < -0.3 is 10.6 Å². The van der Waals surface area contributed by atoms with Gasteiger partial charge in [-0.2, -0.15) is 25.2 Å². The van der Waals surface area contributed by atoms with Crippen LogP contribution in [0.15, 0.2) is 35.4 Å². The number of hydrogen-bond donors (Lipinski definition) is 3. The zero-order chi connectivity index (χ0) is 20.6. The fourth-order valence-corrected chi connectivity index (χ4v) is 2.91. The largest absolute Gasteiger partial charge is 0.354 e. The van der Waals surface area contributed by atoms with Gasteiger partial charge in [-0.3, -0.25) is 0 Å². The van der Waals surface area contributed by atoms with Crippen molar-refractivity contribution in [2.24, 2.45) is 5.10 Å². The summed E-state index contributed by atoms with van der Waals surface area (Å²) in [5, 5.41) is 15.4. The Morgan fingerprint density at radius 2 is 1.62 bits per heavy atom. The molecule has 0 bridgehead atoms. The van der Waals surface area contributed by atoms with E-state index in [1.807, 2.05) is 51.1 Å². The summed E-state index contributed by atoms with van der Waals surface area (Å²) < 4.78 is 1.75. The first-order valence-corrected chi connectivity index (χ1v) is 9.78. The van der Waals surface area contributed by atoms with Gasteiger partial charge in [0, 0.05) is 13.1 Å². The normalized spacial score (nSPS) is 11.0. The molecule has 0 aliphatic heterocycles. The molecule has 10 heteroatoms. The molecule has 0 spiro atoms. The Morgan fingerprint density at radius 1 is 1.00 bits per heavy atom. The smallest absolute Gasteiger partial charge is 0.250 e. The number of aromatic nitrogens is 5. The first-order valence-electron chi connectivity index (χ1n) is 9.40. The minimum atomic E-state index is 0.327. The summed E-state index contributed by atoms with van der Waals surface area (Å²) in [6.45, 7) is 7.83. The number of aryl methyl sites for hydroxylation is 1. The molecule has 29 heavy (non-hydrogen) atoms. The van der Waals surface area contributed by atoms with E-state index in [4.69, 9.17) is 11.6 Å². The summed E-state index contributed by atoms with van der Waals surface area (Å²) in [5.41, 5.74) is 5.48. The lowest BCUT2D eigenvalue weighted by Crippen LogP contribution is -2.10. The zero-order valence-electron chi connectivity index (χ0n) is 16.6. The number of halogens is 1. The molecule has 0 aliphatic rings. The van der Waals surface area contributed by atoms with Crippen molar-refractivity contribution in [1.29, 1.82) is 0 Å². The van der Waals surface area contributed by atoms with Crippen LogP contribution in [0.4, 0.5) is 17.8 Å². The molecular weight excluding hydrogens is 390 g/mol. The van der Waals surface area contributed by atoms with Gasteiger partial charge in [0.25, 0.3) is 0 Å². The van der Waals surface area contributed by atoms with Crippen molar-refractivity contribution in [1.82, 2.24) is 24.7 Å². The van der Waals surface area contributed by atoms with E-state index < -0.39 is 0 Å². The van der Waals surface area contributed by atoms with E-state index in [9.17, 15) is 0 Å². The van der Waals surface area contributed by atoms with E-state index in [-0.39, 0.29) is 0 Å². The molecule has 3 aromatic rings. The van der Waals surface area contributed by atoms with Crippen LogP contribution in [-0.4, -0.2) is 44.0 Å². The highest BCUT2D eigenvalue weighted by molar-refractivity contribution is 6.32. The molecule has 0 fully saturated rings. The predicted molar refractivity (Wildman–Crippen MR) is 117 cm³/mol. The minimum Gasteiger partial charge on any atom is -0.354 e. The number of hydrogen-bond acceptors (Lipinski definition) is 8. The van der Waals surface area contributed by atoms with Gasteiger partial charge in [-0.1, -0.05) is 41.9 Å². The monoisotopic (exact) mass is 413 g/mol. The highest BCUT2D eigenvalue weighted by Crippen LogP contribution is 2.19. The van der Waals surface area contributed by atoms with Crippen LogP contribution >= 0.6 is 11.6 Å². The highest BCUT2D eigenvalue weighted by Gasteiger charge is 2.12. The Hall–Kier alpha value is -3.20. The standard InChI is InChI=1S/C19H24ClN9/c1-4-21-17-24-18(22-5-2)26-19(25-17)27-23-11-15-13(3)28-29(16(15)20)12-14-9-7-6-8-10-14/h6-11H,4-5,12H2,1-3H3,(H3,21,22,24,25,26,27). The van der Waals surface area contributed by atoms with Gasteiger partial charge in [-0.05, 0) is 26.3 Å². The molecule has 152 valence electrons. The van der Waals surface area contributed by atoms with Gasteiger partial charge in [0.05, 0.1) is 24.0 Å². The van der Waals surface area contributed by atoms with E-state index in [0.717, 1.165) is 16.8 Å². The molecule has 0 atom stereocenters. The fraction of sp³-hybridized carbons (Fsp3) is 0.316. The van der Waals surface area contributed by atoms with E-state index in [2.05, 4.69) is 41.2 Å². The van der Waals surface area contributed by atoms with Crippen LogP contribution in [0.5, 0.6) is 0 Å². The Morgan fingerprint density at radius 3 is 2.24 bits per heavy atom. The van der Waals surface area contributed by atoms with Crippen LogP contribution < -0.4 is 16.1 Å². The van der Waals surface area contributed by atoms with Gasteiger partial charge in [0.15, 0.2) is 0 Å². The summed E-state index contributed by atoms with van der Waals surface area (Å²) in [7, 11) is 0. The molecule has 2 aromatic heterocycles. The molecule has 9 nitrogen and oxygen atoms in total. The van der Waals surface area contributed by atoms with Crippen molar-refractivity contribution in [3.05, 3.63) is 52.3 Å². The van der Waals surface area contributed by atoms with Crippen LogP contribution in [0.2, 0.25) is 5.15 Å². The Balaban J connectivity index is 1.75. The first kappa shape index (κ1) is 20.5. The average molecular weight is 414 g/mol. The molecule has 1 aromatic carbocycles. The molecule has 0 amide bonds. The van der Waals surface area contributed by atoms with Crippen molar-refractivity contribution in [3.8, 4) is 0 Å². The van der Waals surface area contributed by atoms with Gasteiger partial charge in [-0.25, -0.2) is 10.1 Å². The van der Waals surface area contributed by atoms with Crippen LogP contribution in [0, 0.1) is 6.92 Å². The Labute approximate surface area is 174 Å². The fourth-order valence-electron chi connectivity index (χ4n) is 2.63. The number of anilines is 3. The lowest BCUT2D eigenvalue weighted by molar-refractivity contribution is 0.680. The predicted octanol–water partition coefficient (Wildman–Crippen LogP) is 3.39. The number of nitrogens with one attached hydrogen (secondary N) is 3. The number of hydrazone groups is 1. The molecule has 3 N–H and O–H groups in total. The second kappa shape index (κ2) is 9.83. The van der Waals surface area contributed by atoms with Crippen LogP contribution in [-0.2, 0) is 6.54 Å². The third-order valence-corrected chi connectivity index (χ3v) is 4.35. The lowest BCUT2D eigenvalue weighted by atomic mass is 10.2. The summed E-state index contributed by atoms with van der Waals surface area (Å²) in [5.74, 6) is 1.27. The van der Waals surface area contributed by atoms with Crippen molar-refractivity contribution < 1.29 is 0 Å². The lowest BCUT2D eigenvalue weighted by Gasteiger charge is -2.07. The third kappa shape index (κ3) is 5.41. The molecule has 0 unspecified atom stereocenters. The number of benzene rings is 1. The zero-order valence-corrected chi connectivity index (χ0v) is 17.4. The summed E-state index contributed by atoms with van der Waals surface area (Å²) in [6.07, 6.45) is 1.62. The Kier molecular flexibility index (Phi) is 6.96. The topological polar surface area (TPSA) is 105 Å². The van der Waals surface area contributed by atoms with Crippen molar-refractivity contribution >= 4 is 35.7 Å². The van der Waals surface area contributed by atoms with Gasteiger partial charge in [0.2, 0.25) is 17.8 Å². The molecule has 0 radical (unpaired) electrons. The van der Waals surface area contributed by atoms with Crippen molar-refractivity contribution in [2.45, 2.75) is 27.3 Å². The maximum Gasteiger partial charge on any atom is 0.250 e. The second-order valence-corrected chi connectivity index (χ2v) is 6.53. The van der Waals surface area contributed by atoms with E-state index in [0.29, 0.717) is 42.6 Å². The first-order chi connectivity index (χ1) is 14.1. The molecule has 3 rings (SSSR count). The molecule has 0 saturated carbocycles.